The molecule has 2 N–H and O–H groups in total. The highest BCUT2D eigenvalue weighted by atomic mass is 35.5. The van der Waals surface area contributed by atoms with Gasteiger partial charge in [-0.05, 0) is 23.2 Å². The Kier molecular flexibility index (Phi) is 5.02. The zero-order chi connectivity index (χ0) is 14.6. The van der Waals surface area contributed by atoms with Gasteiger partial charge in [-0.2, -0.15) is 13.2 Å². The topological polar surface area (TPSA) is 89.2 Å². The monoisotopic (exact) mass is 295 g/mol. The Morgan fingerprint density at radius 2 is 2.00 bits per heavy atom. The molecule has 0 spiro atoms. The smallest absolute Gasteiger partial charge is 0.390 e. The Bertz CT molecular complexity index is 503. The lowest BCUT2D eigenvalue weighted by molar-refractivity contribution is -0.139. The van der Waals surface area contributed by atoms with Gasteiger partial charge < -0.3 is 10.2 Å². The average Bonchev–Trinajstić information content (AvgIpc) is 2.34. The molecule has 9 heteroatoms. The van der Waals surface area contributed by atoms with Gasteiger partial charge in [0, 0.05) is 9.93 Å². The Hall–Kier alpha value is -1.47. The lowest BCUT2D eigenvalue weighted by Gasteiger charge is -2.21. The third-order valence-electron chi connectivity index (χ3n) is 2.34. The maximum atomic E-state index is 12.8. The van der Waals surface area contributed by atoms with Crippen molar-refractivity contribution in [3.8, 4) is 0 Å². The number of nitrogens with zero attached hydrogens (tertiary/aromatic N) is 3. The van der Waals surface area contributed by atoms with Crippen molar-refractivity contribution >= 4 is 11.6 Å². The van der Waals surface area contributed by atoms with E-state index in [1.54, 1.807) is 0 Å². The van der Waals surface area contributed by atoms with Crippen LogP contribution in [0.15, 0.2) is 23.3 Å². The van der Waals surface area contributed by atoms with Crippen molar-refractivity contribution in [3.63, 3.8) is 0 Å². The quantitative estimate of drug-likeness (QED) is 0.508. The van der Waals surface area contributed by atoms with Gasteiger partial charge in [-0.3, -0.25) is 0 Å². The van der Waals surface area contributed by atoms with Crippen molar-refractivity contribution in [1.82, 2.24) is 0 Å². The van der Waals surface area contributed by atoms with Crippen LogP contribution in [0.25, 0.3) is 10.4 Å². The second-order valence-corrected chi connectivity index (χ2v) is 4.09. The number of alkyl halides is 3. The molecule has 0 radical (unpaired) electrons. The van der Waals surface area contributed by atoms with Gasteiger partial charge in [-0.1, -0.05) is 22.8 Å². The molecule has 0 aliphatic heterocycles. The molecule has 0 aliphatic rings. The normalized spacial score (nSPS) is 14.6. The molecule has 0 aromatic heterocycles. The van der Waals surface area contributed by atoms with Crippen LogP contribution < -0.4 is 0 Å². The number of aliphatic hydroxyl groups excluding tert-OH is 2. The summed E-state index contributed by atoms with van der Waals surface area (Å²) < 4.78 is 38.3. The van der Waals surface area contributed by atoms with Crippen molar-refractivity contribution in [3.05, 3.63) is 44.8 Å². The second kappa shape index (κ2) is 6.12. The molecule has 19 heavy (non-hydrogen) atoms. The highest BCUT2D eigenvalue weighted by Crippen LogP contribution is 2.37. The van der Waals surface area contributed by atoms with Crippen LogP contribution in [0.4, 0.5) is 13.2 Å². The van der Waals surface area contributed by atoms with E-state index in [9.17, 15) is 23.4 Å². The number of rotatable bonds is 4. The first kappa shape index (κ1) is 15.6. The minimum atomic E-state index is -4.72. The van der Waals surface area contributed by atoms with Gasteiger partial charge in [0.1, 0.15) is 6.10 Å². The molecule has 0 amide bonds. The van der Waals surface area contributed by atoms with Crippen LogP contribution >= 0.6 is 11.6 Å². The third-order valence-corrected chi connectivity index (χ3v) is 2.57. The van der Waals surface area contributed by atoms with Crippen molar-refractivity contribution in [2.24, 2.45) is 5.11 Å². The van der Waals surface area contributed by atoms with Gasteiger partial charge in [-0.15, -0.1) is 0 Å². The van der Waals surface area contributed by atoms with E-state index in [1.807, 2.05) is 0 Å². The first-order valence-electron chi connectivity index (χ1n) is 5.01. The Labute approximate surface area is 110 Å². The molecule has 104 valence electrons. The summed E-state index contributed by atoms with van der Waals surface area (Å²) in [6.07, 6.45) is -8.20. The summed E-state index contributed by atoms with van der Waals surface area (Å²) in [6, 6.07) is 2.78. The summed E-state index contributed by atoms with van der Waals surface area (Å²) >= 11 is 5.48. The highest BCUT2D eigenvalue weighted by molar-refractivity contribution is 6.30. The van der Waals surface area contributed by atoms with Crippen LogP contribution in [0, 0.1) is 0 Å². The molecule has 2 unspecified atom stereocenters. The van der Waals surface area contributed by atoms with Crippen LogP contribution in [0.2, 0.25) is 5.02 Å². The van der Waals surface area contributed by atoms with Crippen molar-refractivity contribution in [1.29, 1.82) is 0 Å². The van der Waals surface area contributed by atoms with Crippen LogP contribution in [0.5, 0.6) is 0 Å². The molecular weight excluding hydrogens is 287 g/mol. The lowest BCUT2D eigenvalue weighted by Crippen LogP contribution is -2.24. The molecule has 0 saturated heterocycles. The molecule has 0 bridgehead atoms. The summed E-state index contributed by atoms with van der Waals surface area (Å²) in [5.41, 5.74) is 6.38. The van der Waals surface area contributed by atoms with Crippen LogP contribution in [-0.4, -0.2) is 22.9 Å². The summed E-state index contributed by atoms with van der Waals surface area (Å²) in [6.45, 7) is -0.544. The minimum absolute atomic E-state index is 0.146. The zero-order valence-corrected chi connectivity index (χ0v) is 10.1. The van der Waals surface area contributed by atoms with Gasteiger partial charge in [-0.25, -0.2) is 0 Å². The molecule has 1 rings (SSSR count). The SMILES string of the molecule is [N-]=[N+]=NCC(O)C(O)c1ccc(Cl)cc1C(F)(F)F. The molecule has 0 aliphatic carbocycles. The number of halogens is 4. The van der Waals surface area contributed by atoms with E-state index in [4.69, 9.17) is 17.1 Å². The standard InChI is InChI=1S/C10H9ClF3N3O2/c11-5-1-2-6(7(3-5)10(12,13)14)9(19)8(18)4-16-17-15/h1-3,8-9,18-19H,4H2. The number of hydrogen-bond acceptors (Lipinski definition) is 3. The van der Waals surface area contributed by atoms with E-state index in [2.05, 4.69) is 10.0 Å². The van der Waals surface area contributed by atoms with Gasteiger partial charge in [0.25, 0.3) is 0 Å². The fourth-order valence-electron chi connectivity index (χ4n) is 1.46. The molecular formula is C10H9ClF3N3O2. The third kappa shape index (κ3) is 4.00. The average molecular weight is 296 g/mol. The summed E-state index contributed by atoms with van der Waals surface area (Å²) in [5.74, 6) is 0. The molecule has 1 aromatic rings. The molecule has 5 nitrogen and oxygen atoms in total. The first-order valence-corrected chi connectivity index (χ1v) is 5.38. The molecule has 2 atom stereocenters. The van der Waals surface area contributed by atoms with Crippen LogP contribution in [0.1, 0.15) is 17.2 Å². The zero-order valence-electron chi connectivity index (χ0n) is 9.34. The number of hydrogen-bond donors (Lipinski definition) is 2. The van der Waals surface area contributed by atoms with E-state index in [0.717, 1.165) is 12.1 Å². The van der Waals surface area contributed by atoms with E-state index in [0.29, 0.717) is 6.07 Å². The maximum Gasteiger partial charge on any atom is 0.416 e. The molecule has 1 aromatic carbocycles. The molecule has 0 fully saturated rings. The van der Waals surface area contributed by atoms with Crippen LogP contribution in [-0.2, 0) is 6.18 Å². The van der Waals surface area contributed by atoms with Crippen molar-refractivity contribution in [2.75, 3.05) is 6.54 Å². The lowest BCUT2D eigenvalue weighted by atomic mass is 9.98. The van der Waals surface area contributed by atoms with Crippen molar-refractivity contribution < 1.29 is 23.4 Å². The molecule has 0 heterocycles. The summed E-state index contributed by atoms with van der Waals surface area (Å²) in [4.78, 5) is 2.35. The van der Waals surface area contributed by atoms with E-state index >= 15 is 0 Å². The second-order valence-electron chi connectivity index (χ2n) is 3.65. The van der Waals surface area contributed by atoms with E-state index < -0.39 is 36.1 Å². The number of aliphatic hydroxyl groups is 2. The fraction of sp³-hybridized carbons (Fsp3) is 0.400. The van der Waals surface area contributed by atoms with Gasteiger partial charge in [0.05, 0.1) is 18.2 Å². The summed E-state index contributed by atoms with van der Waals surface area (Å²) in [5, 5.41) is 22.0. The first-order chi connectivity index (χ1) is 8.77. The maximum absolute atomic E-state index is 12.8. The Morgan fingerprint density at radius 3 is 2.53 bits per heavy atom. The Balaban J connectivity index is 3.15. The molecule has 0 saturated carbocycles. The van der Waals surface area contributed by atoms with Gasteiger partial charge in [0.2, 0.25) is 0 Å². The largest absolute Gasteiger partial charge is 0.416 e. The van der Waals surface area contributed by atoms with Gasteiger partial charge >= 0.3 is 6.18 Å². The minimum Gasteiger partial charge on any atom is -0.390 e. The Morgan fingerprint density at radius 1 is 1.37 bits per heavy atom. The van der Waals surface area contributed by atoms with Crippen LogP contribution in [0.3, 0.4) is 0 Å². The number of azide groups is 1. The fourth-order valence-corrected chi connectivity index (χ4v) is 1.63. The summed E-state index contributed by atoms with van der Waals surface area (Å²) in [7, 11) is 0. The van der Waals surface area contributed by atoms with Gasteiger partial charge in [0.15, 0.2) is 0 Å². The predicted molar refractivity (Wildman–Crippen MR) is 61.4 cm³/mol. The van der Waals surface area contributed by atoms with E-state index in [1.165, 1.54) is 0 Å². The van der Waals surface area contributed by atoms with E-state index in [-0.39, 0.29) is 5.02 Å². The predicted octanol–water partition coefficient (Wildman–Crippen LogP) is 3.06. The number of benzene rings is 1. The van der Waals surface area contributed by atoms with Crippen molar-refractivity contribution in [2.45, 2.75) is 18.4 Å². The highest BCUT2D eigenvalue weighted by Gasteiger charge is 2.36.